The molecule has 0 aliphatic heterocycles. The number of ether oxygens (including phenoxy) is 2. The minimum absolute atomic E-state index is 0.122. The summed E-state index contributed by atoms with van der Waals surface area (Å²) in [7, 11) is 0. The maximum absolute atomic E-state index is 12.3. The lowest BCUT2D eigenvalue weighted by atomic mass is 9.79. The molecule has 4 heteroatoms. The van der Waals surface area contributed by atoms with Crippen LogP contribution in [-0.4, -0.2) is 36.9 Å². The molecule has 1 N–H and O–H groups in total. The number of esters is 1. The first-order valence-corrected chi connectivity index (χ1v) is 7.10. The number of carbonyl (C=O) groups is 1. The van der Waals surface area contributed by atoms with Crippen molar-refractivity contribution >= 4 is 5.97 Å². The third kappa shape index (κ3) is 3.95. The van der Waals surface area contributed by atoms with Gasteiger partial charge in [-0.05, 0) is 47.0 Å². The number of carbonyl (C=O) groups excluding carboxylic acids is 1. The lowest BCUT2D eigenvalue weighted by molar-refractivity contribution is -0.156. The van der Waals surface area contributed by atoms with Gasteiger partial charge >= 0.3 is 5.97 Å². The first-order valence-electron chi connectivity index (χ1n) is 7.10. The van der Waals surface area contributed by atoms with E-state index >= 15 is 0 Å². The normalized spacial score (nSPS) is 28.4. The highest BCUT2D eigenvalue weighted by molar-refractivity contribution is 5.81. The molecule has 1 aliphatic carbocycles. The third-order valence-electron chi connectivity index (χ3n) is 3.34. The Morgan fingerprint density at radius 2 is 2.11 bits per heavy atom. The van der Waals surface area contributed by atoms with Crippen molar-refractivity contribution in [3.05, 3.63) is 0 Å². The molecule has 1 fully saturated rings. The van der Waals surface area contributed by atoms with E-state index in [1.807, 2.05) is 13.8 Å². The van der Waals surface area contributed by atoms with Gasteiger partial charge in [0, 0.05) is 19.1 Å². The summed E-state index contributed by atoms with van der Waals surface area (Å²) in [6, 6.07) is 0.259. The van der Waals surface area contributed by atoms with Gasteiger partial charge in [-0.25, -0.2) is 0 Å². The number of nitrogens with one attached hydrogen (secondary N) is 1. The average molecular weight is 257 g/mol. The second kappa shape index (κ2) is 7.10. The van der Waals surface area contributed by atoms with Crippen LogP contribution in [0.5, 0.6) is 0 Å². The predicted octanol–water partition coefficient (Wildman–Crippen LogP) is 2.27. The van der Waals surface area contributed by atoms with Crippen LogP contribution in [0.25, 0.3) is 0 Å². The summed E-state index contributed by atoms with van der Waals surface area (Å²) in [5.74, 6) is -0.122. The molecule has 0 bridgehead atoms. The van der Waals surface area contributed by atoms with E-state index in [1.54, 1.807) is 0 Å². The summed E-state index contributed by atoms with van der Waals surface area (Å²) in [6.45, 7) is 9.10. The first-order chi connectivity index (χ1) is 8.54. The highest BCUT2D eigenvalue weighted by Crippen LogP contribution is 2.32. The highest BCUT2D eigenvalue weighted by Gasteiger charge is 2.44. The van der Waals surface area contributed by atoms with Crippen LogP contribution in [0, 0.1) is 0 Å². The second-order valence-electron chi connectivity index (χ2n) is 5.28. The Labute approximate surface area is 110 Å². The Hall–Kier alpha value is -0.610. The smallest absolute Gasteiger partial charge is 0.326 e. The van der Waals surface area contributed by atoms with Gasteiger partial charge in [0.25, 0.3) is 0 Å². The van der Waals surface area contributed by atoms with Crippen LogP contribution in [0.15, 0.2) is 0 Å². The lowest BCUT2D eigenvalue weighted by Crippen LogP contribution is -2.58. The molecule has 0 spiro atoms. The Morgan fingerprint density at radius 3 is 2.67 bits per heavy atom. The number of hydrogen-bond donors (Lipinski definition) is 1. The minimum Gasteiger partial charge on any atom is -0.465 e. The van der Waals surface area contributed by atoms with Crippen LogP contribution >= 0.6 is 0 Å². The van der Waals surface area contributed by atoms with Crippen molar-refractivity contribution in [3.63, 3.8) is 0 Å². The fourth-order valence-corrected chi connectivity index (χ4v) is 2.80. The standard InChI is InChI=1S/C14H27NO3/c1-5-17-12-8-7-9-14(10-12,15-11(3)4)13(16)18-6-2/h11-12,15H,5-10H2,1-4H3. The zero-order chi connectivity index (χ0) is 13.6. The highest BCUT2D eigenvalue weighted by atomic mass is 16.5. The lowest BCUT2D eigenvalue weighted by Gasteiger charge is -2.40. The van der Waals surface area contributed by atoms with E-state index < -0.39 is 5.54 Å². The Balaban J connectivity index is 2.78. The predicted molar refractivity (Wildman–Crippen MR) is 71.5 cm³/mol. The monoisotopic (exact) mass is 257 g/mol. The van der Waals surface area contributed by atoms with Gasteiger partial charge in [0.15, 0.2) is 0 Å². The molecular formula is C14H27NO3. The van der Waals surface area contributed by atoms with Crippen molar-refractivity contribution in [1.82, 2.24) is 5.32 Å². The molecule has 1 aliphatic rings. The van der Waals surface area contributed by atoms with Gasteiger partial charge in [-0.2, -0.15) is 0 Å². The Bertz CT molecular complexity index is 266. The number of rotatable bonds is 6. The molecule has 2 atom stereocenters. The van der Waals surface area contributed by atoms with E-state index in [4.69, 9.17) is 9.47 Å². The summed E-state index contributed by atoms with van der Waals surface area (Å²) >= 11 is 0. The molecule has 0 amide bonds. The van der Waals surface area contributed by atoms with E-state index in [-0.39, 0.29) is 18.1 Å². The van der Waals surface area contributed by atoms with Gasteiger partial charge in [0.1, 0.15) is 5.54 Å². The summed E-state index contributed by atoms with van der Waals surface area (Å²) in [4.78, 5) is 12.3. The fraction of sp³-hybridized carbons (Fsp3) is 0.929. The maximum atomic E-state index is 12.3. The van der Waals surface area contributed by atoms with Crippen molar-refractivity contribution in [2.24, 2.45) is 0 Å². The van der Waals surface area contributed by atoms with Crippen molar-refractivity contribution in [3.8, 4) is 0 Å². The van der Waals surface area contributed by atoms with E-state index in [1.165, 1.54) is 0 Å². The number of hydrogen-bond acceptors (Lipinski definition) is 4. The van der Waals surface area contributed by atoms with Crippen LogP contribution in [-0.2, 0) is 14.3 Å². The molecule has 18 heavy (non-hydrogen) atoms. The van der Waals surface area contributed by atoms with Crippen LogP contribution in [0.2, 0.25) is 0 Å². The van der Waals surface area contributed by atoms with Crippen LogP contribution in [0.4, 0.5) is 0 Å². The zero-order valence-corrected chi connectivity index (χ0v) is 12.1. The summed E-state index contributed by atoms with van der Waals surface area (Å²) in [5.41, 5.74) is -0.553. The molecular weight excluding hydrogens is 230 g/mol. The molecule has 0 radical (unpaired) electrons. The van der Waals surface area contributed by atoms with Crippen molar-refractivity contribution in [2.75, 3.05) is 13.2 Å². The Morgan fingerprint density at radius 1 is 1.39 bits per heavy atom. The van der Waals surface area contributed by atoms with Gasteiger partial charge < -0.3 is 9.47 Å². The van der Waals surface area contributed by atoms with E-state index in [0.29, 0.717) is 13.2 Å². The molecule has 0 heterocycles. The third-order valence-corrected chi connectivity index (χ3v) is 3.34. The van der Waals surface area contributed by atoms with E-state index in [2.05, 4.69) is 19.2 Å². The molecule has 0 saturated heterocycles. The van der Waals surface area contributed by atoms with E-state index in [0.717, 1.165) is 25.7 Å². The summed E-state index contributed by atoms with van der Waals surface area (Å²) in [5, 5.41) is 3.41. The quantitative estimate of drug-likeness (QED) is 0.742. The van der Waals surface area contributed by atoms with Gasteiger partial charge in [0.05, 0.1) is 12.7 Å². The van der Waals surface area contributed by atoms with Gasteiger partial charge in [-0.3, -0.25) is 10.1 Å². The second-order valence-corrected chi connectivity index (χ2v) is 5.28. The van der Waals surface area contributed by atoms with Crippen LogP contribution < -0.4 is 5.32 Å². The SMILES string of the molecule is CCOC(=O)C1(NC(C)C)CCCC(OCC)C1. The Kier molecular flexibility index (Phi) is 6.09. The van der Waals surface area contributed by atoms with Gasteiger partial charge in [0.2, 0.25) is 0 Å². The molecule has 1 rings (SSSR count). The van der Waals surface area contributed by atoms with Crippen LogP contribution in [0.3, 0.4) is 0 Å². The van der Waals surface area contributed by atoms with Crippen molar-refractivity contribution < 1.29 is 14.3 Å². The zero-order valence-electron chi connectivity index (χ0n) is 12.1. The van der Waals surface area contributed by atoms with Crippen molar-refractivity contribution in [1.29, 1.82) is 0 Å². The molecule has 106 valence electrons. The maximum Gasteiger partial charge on any atom is 0.326 e. The average Bonchev–Trinajstić information content (AvgIpc) is 2.29. The summed E-state index contributed by atoms with van der Waals surface area (Å²) < 4.78 is 11.0. The largest absolute Gasteiger partial charge is 0.465 e. The van der Waals surface area contributed by atoms with Gasteiger partial charge in [-0.15, -0.1) is 0 Å². The molecule has 0 aromatic heterocycles. The first kappa shape index (κ1) is 15.4. The molecule has 0 aromatic carbocycles. The molecule has 1 saturated carbocycles. The van der Waals surface area contributed by atoms with Gasteiger partial charge in [-0.1, -0.05) is 0 Å². The molecule has 0 aromatic rings. The van der Waals surface area contributed by atoms with Crippen molar-refractivity contribution in [2.45, 2.75) is 71.1 Å². The molecule has 4 nitrogen and oxygen atoms in total. The molecule has 2 unspecified atom stereocenters. The minimum atomic E-state index is -0.553. The topological polar surface area (TPSA) is 47.6 Å². The fourth-order valence-electron chi connectivity index (χ4n) is 2.80. The van der Waals surface area contributed by atoms with Crippen LogP contribution in [0.1, 0.15) is 53.4 Å². The van der Waals surface area contributed by atoms with E-state index in [9.17, 15) is 4.79 Å². The summed E-state index contributed by atoms with van der Waals surface area (Å²) in [6.07, 6.45) is 3.77.